The van der Waals surface area contributed by atoms with Crippen LogP contribution in [-0.2, 0) is 52.6 Å². The quantitative estimate of drug-likeness (QED) is 0.0798. The standard InChI is InChI=1S/C71H87Cl2N9O24/c1-11-43-36(72)14-16-41(86)54-66(97)79-53(68(99)100)35-23-33(84)24-42(87)50(35)34-19-30(12-15-40(34)85)51(64(95)80-54)78-65(96)52-32-21-45(102-43)59(106-69-60(58(91)57(90)47(27-83)104-69)105-49-26-71(8,75-9)61(92)29(4)101-49)46(22-32)103-44-17-13-31(20-37(44)73)56(89)55(67(98)76-38(25-48(74)88)62(93)77-52)81-63(94)39(18-28(2)3)82(10)70(5,6)7/h11-17,19-24,28-29,38-39,41,47,49,51-58,60-61,69,75,83-87,89-92H,1,18,25-27H2,2-10H3,(H2,74,88)(H,76,98)(H,77,93)(H,78,96)(H,79,97)(H,80,95)(H,81,94)(H,99,100)/b16-14+,43-36-/t29?,38-,39+,41+,47?,49?,51+,52+,53-,54-,55+,56+,57?,58?,60?,61?,69?,71?/m0/s1. The summed E-state index contributed by atoms with van der Waals surface area (Å²) in [5.41, 5.74) is 1.43. The van der Waals surface area contributed by atoms with Gasteiger partial charge in [-0.25, -0.2) is 4.79 Å². The van der Waals surface area contributed by atoms with E-state index in [2.05, 4.69) is 43.8 Å². The van der Waals surface area contributed by atoms with Gasteiger partial charge in [0.2, 0.25) is 53.4 Å². The second kappa shape index (κ2) is 32.9. The third-order valence-corrected chi connectivity index (χ3v) is 19.7. The molecule has 33 nitrogen and oxygen atoms in total. The van der Waals surface area contributed by atoms with E-state index in [0.717, 1.165) is 66.8 Å². The highest BCUT2D eigenvalue weighted by molar-refractivity contribution is 6.32. The summed E-state index contributed by atoms with van der Waals surface area (Å²) in [7, 11) is 3.26. The Labute approximate surface area is 617 Å². The second-order valence-electron chi connectivity index (χ2n) is 28.0. The number of nitrogens with zero attached hydrogens (tertiary/aromatic N) is 1. The summed E-state index contributed by atoms with van der Waals surface area (Å²) < 4.78 is 38.6. The lowest BCUT2D eigenvalue weighted by atomic mass is 9.85. The Morgan fingerprint density at radius 1 is 0.811 bits per heavy atom. The SMILES string of the molecule is C=C/C1=C(Cl)\C=C\[C@@H](O)[C@@H]2NC(=O)[C@H](NC(=O)[C@@H]3NC(=O)[C@H](CC(N)=O)NC(=O)[C@H](NC(=O)[C@@H](CC(C)C)N(C)C(C)(C)C)[C@H](O)c4ccc(c(Cl)c4)Oc4cc3cc(c4OC3OC(CO)C(O)C(O)C3OC3CC(C)(NC)C(O)C(C)O3)O1)c1ccc(O)c(c1)-c1c(O)cc(O)cc1[C@@H](C(=O)O)NC2=O. The number of amides is 7. The summed E-state index contributed by atoms with van der Waals surface area (Å²) in [4.78, 5) is 120. The Morgan fingerprint density at radius 2 is 1.46 bits per heavy atom. The molecule has 4 aromatic carbocycles. The number of nitrogens with two attached hydrogens (primary N) is 1. The highest BCUT2D eigenvalue weighted by atomic mass is 35.5. The number of halogens is 2. The number of fused-ring (bicyclic) bond motifs is 17. The zero-order chi connectivity index (χ0) is 78.0. The molecule has 0 aliphatic carbocycles. The van der Waals surface area contributed by atoms with Crippen molar-refractivity contribution < 1.29 is 118 Å². The Balaban J connectivity index is 1.33. The minimum absolute atomic E-state index is 0.119. The van der Waals surface area contributed by atoms with E-state index in [4.69, 9.17) is 57.4 Å². The molecule has 2 saturated heterocycles. The number of likely N-dealkylation sites (N-methyl/N-ethyl adjacent to an activating group) is 2. The van der Waals surface area contributed by atoms with Gasteiger partial charge in [-0.1, -0.05) is 61.8 Å². The number of carbonyl (C=O) groups is 8. The van der Waals surface area contributed by atoms with E-state index in [1.807, 2.05) is 34.6 Å². The van der Waals surface area contributed by atoms with Crippen LogP contribution in [0.3, 0.4) is 0 Å². The largest absolute Gasteiger partial charge is 0.508 e. The number of carboxylic acid groups (broad SMARTS) is 1. The first-order valence-electron chi connectivity index (χ1n) is 33.6. The smallest absolute Gasteiger partial charge is 0.330 e. The molecular weight excluding hydrogens is 1430 g/mol. The van der Waals surface area contributed by atoms with E-state index in [0.29, 0.717) is 0 Å². The first kappa shape index (κ1) is 80.9. The number of nitrogens with one attached hydrogen (secondary N) is 7. The summed E-state index contributed by atoms with van der Waals surface area (Å²) in [6, 6.07) is -4.06. The lowest BCUT2D eigenvalue weighted by Gasteiger charge is -2.48. The number of aliphatic carboxylic acids is 1. The van der Waals surface area contributed by atoms with Gasteiger partial charge in [-0.15, -0.1) is 0 Å². The van der Waals surface area contributed by atoms with Crippen molar-refractivity contribution in [2.24, 2.45) is 11.7 Å². The fraction of sp³-hybridized carbons (Fsp3) is 0.465. The number of aliphatic hydroxyl groups excluding tert-OH is 6. The topological polar surface area (TPSA) is 508 Å². The summed E-state index contributed by atoms with van der Waals surface area (Å²) in [5, 5.41) is 131. The molecule has 2 fully saturated rings. The maximum Gasteiger partial charge on any atom is 0.330 e. The molecule has 9 unspecified atom stereocenters. The number of primary amides is 1. The Morgan fingerprint density at radius 3 is 2.08 bits per heavy atom. The van der Waals surface area contributed by atoms with Gasteiger partial charge in [0.1, 0.15) is 89.5 Å². The van der Waals surface area contributed by atoms with E-state index in [1.165, 1.54) is 12.1 Å². The fourth-order valence-electron chi connectivity index (χ4n) is 12.8. The van der Waals surface area contributed by atoms with E-state index in [9.17, 15) is 70.2 Å². The van der Waals surface area contributed by atoms with Crippen LogP contribution >= 0.6 is 23.2 Å². The summed E-state index contributed by atoms with van der Waals surface area (Å²) in [5.74, 6) is -16.2. The van der Waals surface area contributed by atoms with Gasteiger partial charge < -0.3 is 122 Å². The average Bonchev–Trinajstić information content (AvgIpc) is 0.768. The number of ether oxygens (including phenoxy) is 6. The van der Waals surface area contributed by atoms with Crippen LogP contribution in [0.15, 0.2) is 96.3 Å². The van der Waals surface area contributed by atoms with Crippen LogP contribution in [0.4, 0.5) is 0 Å². The number of rotatable bonds is 15. The number of hydrogen-bond acceptors (Lipinski definition) is 25. The lowest BCUT2D eigenvalue weighted by molar-refractivity contribution is -0.334. The van der Waals surface area contributed by atoms with Gasteiger partial charge >= 0.3 is 5.97 Å². The number of allylic oxidation sites excluding steroid dienone is 3. The van der Waals surface area contributed by atoms with Crippen LogP contribution < -0.4 is 57.2 Å². The summed E-state index contributed by atoms with van der Waals surface area (Å²) in [6.45, 7) is 15.3. The van der Waals surface area contributed by atoms with Crippen LogP contribution in [0.2, 0.25) is 5.02 Å². The number of phenols is 3. The Bertz CT molecular complexity index is 4140. The Kier molecular flexibility index (Phi) is 25.1. The molecule has 19 N–H and O–H groups in total. The predicted molar refractivity (Wildman–Crippen MR) is 375 cm³/mol. The lowest BCUT2D eigenvalue weighted by Crippen LogP contribution is -2.65. The monoisotopic (exact) mass is 1520 g/mol. The minimum atomic E-state index is -2.37. The molecule has 35 heteroatoms. The molecule has 6 aliphatic rings. The number of phenolic OH excluding ortho intramolecular Hbond substituents is 3. The van der Waals surface area contributed by atoms with Gasteiger partial charge in [0.25, 0.3) is 0 Å². The van der Waals surface area contributed by atoms with Crippen molar-refractivity contribution >= 4 is 70.5 Å². The molecule has 18 atom stereocenters. The fourth-order valence-corrected chi connectivity index (χ4v) is 13.3. The second-order valence-corrected chi connectivity index (χ2v) is 28.8. The number of aliphatic hydroxyl groups is 6. The van der Waals surface area contributed by atoms with Gasteiger partial charge in [0.15, 0.2) is 29.9 Å². The summed E-state index contributed by atoms with van der Waals surface area (Å²) in [6.07, 6.45) is -15.5. The first-order chi connectivity index (χ1) is 49.8. The van der Waals surface area contributed by atoms with Gasteiger partial charge in [-0.3, -0.25) is 38.5 Å². The van der Waals surface area contributed by atoms with Crippen LogP contribution in [0.5, 0.6) is 40.2 Å². The molecule has 0 radical (unpaired) electrons. The maximum absolute atomic E-state index is 16.1. The number of benzene rings is 4. The average molecular weight is 1520 g/mol. The van der Waals surface area contributed by atoms with Crippen LogP contribution in [0.1, 0.15) is 114 Å². The van der Waals surface area contributed by atoms with E-state index in [-0.39, 0.29) is 40.7 Å². The van der Waals surface area contributed by atoms with Crippen LogP contribution in [0.25, 0.3) is 11.1 Å². The Hall–Kier alpha value is -9.20. The number of aromatic hydroxyl groups is 3. The molecule has 0 spiro atoms. The molecule has 0 aromatic heterocycles. The van der Waals surface area contributed by atoms with Crippen molar-refractivity contribution in [3.63, 3.8) is 0 Å². The predicted octanol–water partition coefficient (Wildman–Crippen LogP) is 1.33. The highest BCUT2D eigenvalue weighted by Gasteiger charge is 2.52. The molecule has 9 bridgehead atoms. The van der Waals surface area contributed by atoms with E-state index in [1.54, 1.807) is 32.8 Å². The molecule has 7 amide bonds. The zero-order valence-electron chi connectivity index (χ0n) is 58.9. The molecule has 4 aromatic rings. The first-order valence-corrected chi connectivity index (χ1v) is 34.4. The molecule has 6 heterocycles. The number of hydrogen-bond donors (Lipinski definition) is 18. The van der Waals surface area contributed by atoms with Crippen LogP contribution in [-0.4, -0.2) is 215 Å². The van der Waals surface area contributed by atoms with Crippen LogP contribution in [0, 0.1) is 5.92 Å². The molecular formula is C71H87Cl2N9O24. The van der Waals surface area contributed by atoms with Crippen molar-refractivity contribution in [2.75, 3.05) is 20.7 Å². The van der Waals surface area contributed by atoms with Crippen molar-refractivity contribution in [1.29, 1.82) is 0 Å². The van der Waals surface area contributed by atoms with Crippen molar-refractivity contribution in [2.45, 2.75) is 183 Å². The number of carbonyl (C=O) groups excluding carboxylic acids is 7. The van der Waals surface area contributed by atoms with Gasteiger partial charge in [0, 0.05) is 40.3 Å². The van der Waals surface area contributed by atoms with Gasteiger partial charge in [-0.05, 0) is 132 Å². The van der Waals surface area contributed by atoms with E-state index < -0.39 is 243 Å². The van der Waals surface area contributed by atoms with Crippen molar-refractivity contribution in [3.8, 4) is 51.4 Å². The maximum atomic E-state index is 16.1. The van der Waals surface area contributed by atoms with Gasteiger partial charge in [-0.2, -0.15) is 0 Å². The normalized spacial score (nSPS) is 30.2. The van der Waals surface area contributed by atoms with Gasteiger partial charge in [0.05, 0.1) is 41.3 Å². The van der Waals surface area contributed by atoms with Crippen molar-refractivity contribution in [3.05, 3.63) is 124 Å². The molecule has 106 heavy (non-hydrogen) atoms. The molecule has 10 rings (SSSR count). The van der Waals surface area contributed by atoms with E-state index >= 15 is 19.2 Å². The zero-order valence-corrected chi connectivity index (χ0v) is 60.4. The highest BCUT2D eigenvalue weighted by Crippen LogP contribution is 2.49. The van der Waals surface area contributed by atoms with Crippen molar-refractivity contribution in [1.82, 2.24) is 42.1 Å². The minimum Gasteiger partial charge on any atom is -0.508 e. The molecule has 574 valence electrons. The third kappa shape index (κ3) is 17.6. The molecule has 0 saturated carbocycles. The number of carboxylic acids is 1. The summed E-state index contributed by atoms with van der Waals surface area (Å²) >= 11 is 14.2. The third-order valence-electron chi connectivity index (χ3n) is 19.0. The molecule has 6 aliphatic heterocycles.